The van der Waals surface area contributed by atoms with Crippen molar-refractivity contribution in [3.63, 3.8) is 0 Å². The monoisotopic (exact) mass is 308 g/mol. The van der Waals surface area contributed by atoms with E-state index in [2.05, 4.69) is 15.6 Å². The largest absolute Gasteiger partial charge is 0.443 e. The Morgan fingerprint density at radius 1 is 1.04 bits per heavy atom. The van der Waals surface area contributed by atoms with Gasteiger partial charge in [-0.05, 0) is 17.7 Å². The van der Waals surface area contributed by atoms with Crippen molar-refractivity contribution < 1.29 is 9.53 Å². The highest BCUT2D eigenvalue weighted by atomic mass is 16.5. The van der Waals surface area contributed by atoms with E-state index in [-0.39, 0.29) is 6.61 Å². The van der Waals surface area contributed by atoms with E-state index in [0.29, 0.717) is 17.9 Å². The molecule has 1 aromatic heterocycles. The van der Waals surface area contributed by atoms with Gasteiger partial charge in [-0.25, -0.2) is 9.48 Å². The summed E-state index contributed by atoms with van der Waals surface area (Å²) in [6.45, 7) is 0.706. The number of carbonyl (C=O) groups is 1. The molecule has 0 aliphatic rings. The molecule has 2 aromatic carbocycles. The first kappa shape index (κ1) is 14.8. The van der Waals surface area contributed by atoms with Gasteiger partial charge in [0.15, 0.2) is 0 Å². The number of rotatable bonds is 5. The van der Waals surface area contributed by atoms with Crippen LogP contribution in [0.15, 0.2) is 66.9 Å². The van der Waals surface area contributed by atoms with E-state index in [0.717, 1.165) is 5.56 Å². The zero-order valence-electron chi connectivity index (χ0n) is 12.4. The van der Waals surface area contributed by atoms with Gasteiger partial charge in [0.1, 0.15) is 12.3 Å². The Hall–Kier alpha value is -3.15. The number of nitrogens with one attached hydrogen (secondary N) is 1. The first-order valence-corrected chi connectivity index (χ1v) is 7.21. The zero-order chi connectivity index (χ0) is 15.9. The molecule has 23 heavy (non-hydrogen) atoms. The molecule has 0 saturated heterocycles. The average molecular weight is 308 g/mol. The maximum absolute atomic E-state index is 11.7. The zero-order valence-corrected chi connectivity index (χ0v) is 12.4. The van der Waals surface area contributed by atoms with Crippen LogP contribution in [0.1, 0.15) is 11.3 Å². The van der Waals surface area contributed by atoms with Crippen LogP contribution in [0.25, 0.3) is 0 Å². The molecule has 6 nitrogen and oxygen atoms in total. The van der Waals surface area contributed by atoms with Gasteiger partial charge >= 0.3 is 6.09 Å². The van der Waals surface area contributed by atoms with Crippen LogP contribution in [0.4, 0.5) is 10.5 Å². The molecule has 116 valence electrons. The minimum atomic E-state index is -0.520. The van der Waals surface area contributed by atoms with E-state index in [1.165, 1.54) is 0 Å². The highest BCUT2D eigenvalue weighted by Gasteiger charge is 2.06. The number of ether oxygens (including phenoxy) is 1. The number of anilines is 1. The van der Waals surface area contributed by atoms with Crippen LogP contribution in [0, 0.1) is 0 Å². The Balaban J connectivity index is 1.50. The molecule has 0 fully saturated rings. The van der Waals surface area contributed by atoms with Gasteiger partial charge in [0.05, 0.1) is 12.7 Å². The maximum atomic E-state index is 11.7. The molecular formula is C17H16N4O2. The van der Waals surface area contributed by atoms with Crippen molar-refractivity contribution in [1.82, 2.24) is 15.0 Å². The number of aromatic nitrogens is 3. The SMILES string of the molecule is O=C(Nc1ccccc1)OCc1cn(Cc2ccccc2)nn1. The van der Waals surface area contributed by atoms with Crippen LogP contribution in [-0.4, -0.2) is 21.1 Å². The van der Waals surface area contributed by atoms with Crippen LogP contribution >= 0.6 is 0 Å². The summed E-state index contributed by atoms with van der Waals surface area (Å²) in [7, 11) is 0. The Bertz CT molecular complexity index is 757. The third-order valence-electron chi connectivity index (χ3n) is 3.14. The standard InChI is InChI=1S/C17H16N4O2/c22-17(18-15-9-5-2-6-10-15)23-13-16-12-21(20-19-16)11-14-7-3-1-4-8-14/h1-10,12H,11,13H2,(H,18,22). The van der Waals surface area contributed by atoms with Gasteiger partial charge in [-0.2, -0.15) is 0 Å². The molecule has 3 rings (SSSR count). The molecule has 0 atom stereocenters. The number of para-hydroxylation sites is 1. The minimum absolute atomic E-state index is 0.0768. The van der Waals surface area contributed by atoms with Gasteiger partial charge in [-0.15, -0.1) is 5.10 Å². The van der Waals surface area contributed by atoms with Gasteiger partial charge in [0, 0.05) is 5.69 Å². The second-order valence-corrected chi connectivity index (χ2v) is 4.96. The summed E-state index contributed by atoms with van der Waals surface area (Å²) < 4.78 is 6.84. The van der Waals surface area contributed by atoms with Crippen molar-refractivity contribution in [2.45, 2.75) is 13.2 Å². The summed E-state index contributed by atoms with van der Waals surface area (Å²) >= 11 is 0. The van der Waals surface area contributed by atoms with Crippen LogP contribution in [0.3, 0.4) is 0 Å². The number of carbonyl (C=O) groups excluding carboxylic acids is 1. The second-order valence-electron chi connectivity index (χ2n) is 4.96. The molecule has 0 aliphatic carbocycles. The van der Waals surface area contributed by atoms with Crippen molar-refractivity contribution in [2.24, 2.45) is 0 Å². The van der Waals surface area contributed by atoms with E-state index in [1.54, 1.807) is 23.0 Å². The summed E-state index contributed by atoms with van der Waals surface area (Å²) in [5, 5.41) is 10.7. The van der Waals surface area contributed by atoms with Crippen molar-refractivity contribution in [1.29, 1.82) is 0 Å². The number of nitrogens with zero attached hydrogens (tertiary/aromatic N) is 3. The van der Waals surface area contributed by atoms with Crippen molar-refractivity contribution >= 4 is 11.8 Å². The van der Waals surface area contributed by atoms with E-state index in [4.69, 9.17) is 4.74 Å². The summed E-state index contributed by atoms with van der Waals surface area (Å²) in [5.74, 6) is 0. The quantitative estimate of drug-likeness (QED) is 0.786. The Morgan fingerprint density at radius 2 is 1.74 bits per heavy atom. The molecule has 1 amide bonds. The van der Waals surface area contributed by atoms with Crippen molar-refractivity contribution in [3.05, 3.63) is 78.1 Å². The van der Waals surface area contributed by atoms with Gasteiger partial charge in [0.25, 0.3) is 0 Å². The molecule has 6 heteroatoms. The lowest BCUT2D eigenvalue weighted by atomic mass is 10.2. The fraction of sp³-hybridized carbons (Fsp3) is 0.118. The molecule has 3 aromatic rings. The predicted octanol–water partition coefficient (Wildman–Crippen LogP) is 3.08. The summed E-state index contributed by atoms with van der Waals surface area (Å²) in [4.78, 5) is 11.7. The van der Waals surface area contributed by atoms with Gasteiger partial charge in [-0.1, -0.05) is 53.7 Å². The van der Waals surface area contributed by atoms with E-state index >= 15 is 0 Å². The lowest BCUT2D eigenvalue weighted by Crippen LogP contribution is -2.13. The number of hydrogen-bond acceptors (Lipinski definition) is 4. The first-order valence-electron chi connectivity index (χ1n) is 7.21. The third kappa shape index (κ3) is 4.41. The highest BCUT2D eigenvalue weighted by Crippen LogP contribution is 2.07. The Labute approximate surface area is 133 Å². The van der Waals surface area contributed by atoms with Crippen LogP contribution in [-0.2, 0) is 17.9 Å². The molecule has 0 saturated carbocycles. The van der Waals surface area contributed by atoms with Gasteiger partial charge in [0.2, 0.25) is 0 Å². The first-order chi connectivity index (χ1) is 11.3. The topological polar surface area (TPSA) is 69.0 Å². The fourth-order valence-corrected chi connectivity index (χ4v) is 2.07. The van der Waals surface area contributed by atoms with Crippen LogP contribution in [0.5, 0.6) is 0 Å². The summed E-state index contributed by atoms with van der Waals surface area (Å²) in [6.07, 6.45) is 1.25. The molecular weight excluding hydrogens is 292 g/mol. The van der Waals surface area contributed by atoms with Crippen molar-refractivity contribution in [3.8, 4) is 0 Å². The molecule has 1 N–H and O–H groups in total. The highest BCUT2D eigenvalue weighted by molar-refractivity contribution is 5.84. The molecule has 0 aliphatic heterocycles. The van der Waals surface area contributed by atoms with Gasteiger partial charge in [-0.3, -0.25) is 5.32 Å². The van der Waals surface area contributed by atoms with Crippen LogP contribution in [0.2, 0.25) is 0 Å². The average Bonchev–Trinajstić information content (AvgIpc) is 3.02. The molecule has 0 spiro atoms. The summed E-state index contributed by atoms with van der Waals surface area (Å²) in [6, 6.07) is 19.1. The van der Waals surface area contributed by atoms with E-state index < -0.39 is 6.09 Å². The lowest BCUT2D eigenvalue weighted by molar-refractivity contribution is 0.153. The van der Waals surface area contributed by atoms with Crippen LogP contribution < -0.4 is 5.32 Å². The van der Waals surface area contributed by atoms with Gasteiger partial charge < -0.3 is 4.74 Å². The molecule has 0 bridgehead atoms. The van der Waals surface area contributed by atoms with Crippen molar-refractivity contribution in [2.75, 3.05) is 5.32 Å². The number of hydrogen-bond donors (Lipinski definition) is 1. The minimum Gasteiger partial charge on any atom is -0.443 e. The molecule has 0 radical (unpaired) electrons. The smallest absolute Gasteiger partial charge is 0.412 e. The second kappa shape index (κ2) is 7.22. The molecule has 1 heterocycles. The van der Waals surface area contributed by atoms with E-state index in [1.807, 2.05) is 48.5 Å². The normalized spacial score (nSPS) is 10.3. The number of benzene rings is 2. The number of amides is 1. The fourth-order valence-electron chi connectivity index (χ4n) is 2.07. The summed E-state index contributed by atoms with van der Waals surface area (Å²) in [5.41, 5.74) is 2.42. The lowest BCUT2D eigenvalue weighted by Gasteiger charge is -2.04. The predicted molar refractivity (Wildman–Crippen MR) is 85.8 cm³/mol. The van der Waals surface area contributed by atoms with E-state index in [9.17, 15) is 4.79 Å². The molecule has 0 unspecified atom stereocenters. The third-order valence-corrected chi connectivity index (χ3v) is 3.14. The Morgan fingerprint density at radius 3 is 2.48 bits per heavy atom. The Kier molecular flexibility index (Phi) is 4.63. The maximum Gasteiger partial charge on any atom is 0.412 e.